The highest BCUT2D eigenvalue weighted by Crippen LogP contribution is 2.21. The fourth-order valence-corrected chi connectivity index (χ4v) is 3.20. The smallest absolute Gasteiger partial charge is 0.250 e. The SMILES string of the molecule is CCC(C)(O)CNS(=O)(=O)c1cc(N)cs1. The Labute approximate surface area is 99.3 Å². The van der Waals surface area contributed by atoms with Crippen LogP contribution in [0.3, 0.4) is 0 Å². The molecule has 1 rings (SSSR count). The maximum absolute atomic E-state index is 11.7. The van der Waals surface area contributed by atoms with Gasteiger partial charge >= 0.3 is 0 Å². The van der Waals surface area contributed by atoms with Gasteiger partial charge in [0.15, 0.2) is 0 Å². The van der Waals surface area contributed by atoms with Crippen molar-refractivity contribution in [3.05, 3.63) is 11.4 Å². The number of hydrogen-bond donors (Lipinski definition) is 3. The minimum Gasteiger partial charge on any atom is -0.398 e. The van der Waals surface area contributed by atoms with Crippen LogP contribution in [0.5, 0.6) is 0 Å². The summed E-state index contributed by atoms with van der Waals surface area (Å²) in [5, 5.41) is 11.3. The van der Waals surface area contributed by atoms with Gasteiger partial charge in [-0.2, -0.15) is 0 Å². The second kappa shape index (κ2) is 4.70. The Kier molecular flexibility index (Phi) is 3.95. The van der Waals surface area contributed by atoms with Crippen LogP contribution in [0.1, 0.15) is 20.3 Å². The first-order valence-corrected chi connectivity index (χ1v) is 7.19. The molecule has 0 amide bonds. The van der Waals surface area contributed by atoms with Crippen molar-refractivity contribution in [1.82, 2.24) is 4.72 Å². The van der Waals surface area contributed by atoms with E-state index in [1.54, 1.807) is 19.2 Å². The fourth-order valence-electron chi connectivity index (χ4n) is 0.918. The van der Waals surface area contributed by atoms with Crippen LogP contribution in [0.25, 0.3) is 0 Å². The van der Waals surface area contributed by atoms with Crippen LogP contribution in [-0.4, -0.2) is 25.7 Å². The van der Waals surface area contributed by atoms with E-state index in [1.807, 2.05) is 0 Å². The van der Waals surface area contributed by atoms with Crippen molar-refractivity contribution in [1.29, 1.82) is 0 Å². The third-order valence-corrected chi connectivity index (χ3v) is 5.12. The summed E-state index contributed by atoms with van der Waals surface area (Å²) in [6, 6.07) is 1.40. The molecule has 0 aliphatic carbocycles. The van der Waals surface area contributed by atoms with Gasteiger partial charge in [-0.3, -0.25) is 0 Å². The Morgan fingerprint density at radius 2 is 2.25 bits per heavy atom. The molecule has 5 nitrogen and oxygen atoms in total. The van der Waals surface area contributed by atoms with Crippen LogP contribution < -0.4 is 10.5 Å². The average molecular weight is 264 g/mol. The van der Waals surface area contributed by atoms with Gasteiger partial charge in [0.1, 0.15) is 4.21 Å². The van der Waals surface area contributed by atoms with Crippen molar-refractivity contribution in [3.63, 3.8) is 0 Å². The molecule has 1 aromatic heterocycles. The maximum Gasteiger partial charge on any atom is 0.250 e. The van der Waals surface area contributed by atoms with Crippen molar-refractivity contribution in [3.8, 4) is 0 Å². The Hall–Kier alpha value is -0.630. The molecule has 0 radical (unpaired) electrons. The quantitative estimate of drug-likeness (QED) is 0.732. The number of anilines is 1. The zero-order valence-corrected chi connectivity index (χ0v) is 10.9. The predicted octanol–water partition coefficient (Wildman–Crippen LogP) is 0.770. The monoisotopic (exact) mass is 264 g/mol. The number of nitrogen functional groups attached to an aromatic ring is 1. The molecular weight excluding hydrogens is 248 g/mol. The summed E-state index contributed by atoms with van der Waals surface area (Å²) >= 11 is 1.06. The molecule has 1 atom stereocenters. The van der Waals surface area contributed by atoms with Crippen molar-refractivity contribution in [2.45, 2.75) is 30.1 Å². The first kappa shape index (κ1) is 13.4. The van der Waals surface area contributed by atoms with E-state index in [0.29, 0.717) is 12.1 Å². The van der Waals surface area contributed by atoms with Gasteiger partial charge in [-0.05, 0) is 19.4 Å². The topological polar surface area (TPSA) is 92.4 Å². The molecule has 0 aromatic carbocycles. The third-order valence-electron chi connectivity index (χ3n) is 2.27. The summed E-state index contributed by atoms with van der Waals surface area (Å²) in [7, 11) is -3.55. The van der Waals surface area contributed by atoms with E-state index < -0.39 is 15.6 Å². The number of nitrogens with one attached hydrogen (secondary N) is 1. The molecular formula is C9H16N2O3S2. The number of sulfonamides is 1. The zero-order chi connectivity index (χ0) is 12.4. The molecule has 16 heavy (non-hydrogen) atoms. The van der Waals surface area contributed by atoms with Crippen LogP contribution >= 0.6 is 11.3 Å². The molecule has 0 saturated heterocycles. The summed E-state index contributed by atoms with van der Waals surface area (Å²) in [4.78, 5) is 0. The minimum atomic E-state index is -3.55. The standard InChI is InChI=1S/C9H16N2O3S2/c1-3-9(2,12)6-11-16(13,14)8-4-7(10)5-15-8/h4-5,11-12H,3,6,10H2,1-2H3. The Bertz CT molecular complexity index is 451. The second-order valence-electron chi connectivity index (χ2n) is 3.87. The van der Waals surface area contributed by atoms with Crippen molar-refractivity contribution < 1.29 is 13.5 Å². The van der Waals surface area contributed by atoms with Gasteiger partial charge < -0.3 is 10.8 Å². The van der Waals surface area contributed by atoms with E-state index in [1.165, 1.54) is 6.07 Å². The predicted molar refractivity (Wildman–Crippen MR) is 64.8 cm³/mol. The zero-order valence-electron chi connectivity index (χ0n) is 9.23. The molecule has 92 valence electrons. The molecule has 4 N–H and O–H groups in total. The number of thiophene rings is 1. The van der Waals surface area contributed by atoms with Crippen molar-refractivity contribution in [2.75, 3.05) is 12.3 Å². The van der Waals surface area contributed by atoms with E-state index in [-0.39, 0.29) is 10.8 Å². The molecule has 1 aromatic rings. The number of aliphatic hydroxyl groups is 1. The Morgan fingerprint density at radius 3 is 2.69 bits per heavy atom. The van der Waals surface area contributed by atoms with E-state index in [9.17, 15) is 13.5 Å². The van der Waals surface area contributed by atoms with E-state index in [4.69, 9.17) is 5.73 Å². The first-order valence-electron chi connectivity index (χ1n) is 4.83. The highest BCUT2D eigenvalue weighted by atomic mass is 32.2. The summed E-state index contributed by atoms with van der Waals surface area (Å²) < 4.78 is 26.0. The van der Waals surface area contributed by atoms with Gasteiger partial charge in [0, 0.05) is 17.6 Å². The van der Waals surface area contributed by atoms with E-state index in [2.05, 4.69) is 4.72 Å². The van der Waals surface area contributed by atoms with E-state index in [0.717, 1.165) is 11.3 Å². The lowest BCUT2D eigenvalue weighted by atomic mass is 10.1. The molecule has 0 aliphatic rings. The summed E-state index contributed by atoms with van der Waals surface area (Å²) in [6.45, 7) is 3.36. The molecule has 0 bridgehead atoms. The molecule has 7 heteroatoms. The summed E-state index contributed by atoms with van der Waals surface area (Å²) in [5.74, 6) is 0. The van der Waals surface area contributed by atoms with Crippen LogP contribution in [0, 0.1) is 0 Å². The van der Waals surface area contributed by atoms with Crippen LogP contribution in [0.2, 0.25) is 0 Å². The molecule has 0 fully saturated rings. The summed E-state index contributed by atoms with van der Waals surface area (Å²) in [5.41, 5.74) is 4.84. The van der Waals surface area contributed by atoms with Crippen molar-refractivity contribution >= 4 is 27.0 Å². The number of rotatable bonds is 5. The lowest BCUT2D eigenvalue weighted by Crippen LogP contribution is -2.39. The minimum absolute atomic E-state index is 0.0103. The van der Waals surface area contributed by atoms with Gasteiger partial charge in [-0.15, -0.1) is 11.3 Å². The molecule has 1 heterocycles. The molecule has 0 spiro atoms. The van der Waals surface area contributed by atoms with Gasteiger partial charge in [0.2, 0.25) is 10.0 Å². The third kappa shape index (κ3) is 3.44. The van der Waals surface area contributed by atoms with Crippen LogP contribution in [0.4, 0.5) is 5.69 Å². The Morgan fingerprint density at radius 1 is 1.62 bits per heavy atom. The van der Waals surface area contributed by atoms with Crippen LogP contribution in [0.15, 0.2) is 15.7 Å². The van der Waals surface area contributed by atoms with Crippen molar-refractivity contribution in [2.24, 2.45) is 0 Å². The molecule has 0 saturated carbocycles. The Balaban J connectivity index is 2.74. The lowest BCUT2D eigenvalue weighted by Gasteiger charge is -2.21. The molecule has 1 unspecified atom stereocenters. The van der Waals surface area contributed by atoms with Gasteiger partial charge in [-0.25, -0.2) is 13.1 Å². The van der Waals surface area contributed by atoms with E-state index >= 15 is 0 Å². The lowest BCUT2D eigenvalue weighted by molar-refractivity contribution is 0.0614. The largest absolute Gasteiger partial charge is 0.398 e. The summed E-state index contributed by atoms with van der Waals surface area (Å²) in [6.07, 6.45) is 0.474. The van der Waals surface area contributed by atoms with Gasteiger partial charge in [0.25, 0.3) is 0 Å². The fraction of sp³-hybridized carbons (Fsp3) is 0.556. The normalized spacial score (nSPS) is 15.9. The van der Waals surface area contributed by atoms with Gasteiger partial charge in [-0.1, -0.05) is 6.92 Å². The highest BCUT2D eigenvalue weighted by Gasteiger charge is 2.23. The number of hydrogen-bond acceptors (Lipinski definition) is 5. The average Bonchev–Trinajstić information content (AvgIpc) is 2.63. The first-order chi connectivity index (χ1) is 7.27. The second-order valence-corrected chi connectivity index (χ2v) is 6.78. The van der Waals surface area contributed by atoms with Gasteiger partial charge in [0.05, 0.1) is 5.60 Å². The number of nitrogens with two attached hydrogens (primary N) is 1. The van der Waals surface area contributed by atoms with Crippen LogP contribution in [-0.2, 0) is 10.0 Å². The maximum atomic E-state index is 11.7. The highest BCUT2D eigenvalue weighted by molar-refractivity contribution is 7.91. The molecule has 0 aliphatic heterocycles.